The first-order valence-corrected chi connectivity index (χ1v) is 25.0. The lowest BCUT2D eigenvalue weighted by atomic mass is 10.0. The summed E-state index contributed by atoms with van der Waals surface area (Å²) in [6.45, 7) is 4.84. The van der Waals surface area contributed by atoms with Crippen LogP contribution in [0.25, 0.3) is 0 Å². The molecule has 0 spiro atoms. The Labute approximate surface area is 421 Å². The molecule has 1 unspecified atom stereocenters. The maximum atomic E-state index is 15.6. The summed E-state index contributed by atoms with van der Waals surface area (Å²) in [6, 6.07) is 5.91. The van der Waals surface area contributed by atoms with E-state index in [0.29, 0.717) is 77.6 Å². The van der Waals surface area contributed by atoms with Gasteiger partial charge in [-0.2, -0.15) is 13.8 Å². The fourth-order valence-corrected chi connectivity index (χ4v) is 9.93. The quantitative estimate of drug-likeness (QED) is 0.0749. The number of likely N-dealkylation sites (tertiary alicyclic amines) is 1. The summed E-state index contributed by atoms with van der Waals surface area (Å²) in [7, 11) is 2.65. The molecule has 8 rings (SSSR count). The first-order chi connectivity index (χ1) is 35.2. The van der Waals surface area contributed by atoms with Crippen molar-refractivity contribution in [3.8, 4) is 5.75 Å². The fraction of sp³-hybridized carbons (Fsp3) is 0.560. The van der Waals surface area contributed by atoms with Crippen molar-refractivity contribution < 1.29 is 60.9 Å². The van der Waals surface area contributed by atoms with Crippen LogP contribution < -0.4 is 35.8 Å². The van der Waals surface area contributed by atoms with E-state index in [2.05, 4.69) is 36.1 Å². The van der Waals surface area contributed by atoms with Crippen LogP contribution in [0.4, 0.5) is 42.0 Å². The van der Waals surface area contributed by atoms with Gasteiger partial charge >= 0.3 is 5.92 Å². The van der Waals surface area contributed by atoms with Crippen LogP contribution in [0, 0.1) is 5.82 Å². The summed E-state index contributed by atoms with van der Waals surface area (Å²) in [4.78, 5) is 90.7. The second kappa shape index (κ2) is 24.1. The van der Waals surface area contributed by atoms with E-state index >= 15 is 13.2 Å². The predicted molar refractivity (Wildman–Crippen MR) is 261 cm³/mol. The molecule has 3 aromatic rings. The van der Waals surface area contributed by atoms with Crippen molar-refractivity contribution in [3.05, 3.63) is 59.0 Å². The standard InChI is InChI=1S/C50H63F3N10O10/c1-60-39-29-55-49(59-43(39)62(32-9-3-4-10-32)30-50(52,53)48(60)69)57-37-28-35(51)34(27-40(37)70-2)44(65)56-31-15-19-61(20-16-31)18-5-6-21-71-22-8-23-72-25-26-73-24-17-54-36-12-7-11-33-42(36)47(68)63(46(33)67)38-13-14-41(64)58-45(38)66/h7,11-12,27-29,31-32,38,54H,3-6,8-10,13-26,30H2,1-2H3,(H,56,65)(H,55,57,59)(H,58,64,66). The number of ether oxygens (including phenoxy) is 4. The van der Waals surface area contributed by atoms with Gasteiger partial charge in [0.05, 0.1) is 62.0 Å². The number of piperidine rings is 2. The molecule has 5 aliphatic rings. The van der Waals surface area contributed by atoms with Crippen molar-refractivity contribution >= 4 is 64.3 Å². The van der Waals surface area contributed by atoms with Gasteiger partial charge in [-0.05, 0) is 76.1 Å². The Kier molecular flexibility index (Phi) is 17.4. The number of amides is 6. The van der Waals surface area contributed by atoms with Gasteiger partial charge < -0.3 is 49.6 Å². The molecule has 3 fully saturated rings. The number of alkyl halides is 2. The van der Waals surface area contributed by atoms with Crippen molar-refractivity contribution in [2.75, 3.05) is 107 Å². The van der Waals surface area contributed by atoms with Crippen LogP contribution in [0.3, 0.4) is 0 Å². The van der Waals surface area contributed by atoms with E-state index in [-0.39, 0.29) is 70.5 Å². The Morgan fingerprint density at radius 2 is 1.60 bits per heavy atom. The minimum absolute atomic E-state index is 0.0197. The van der Waals surface area contributed by atoms with Gasteiger partial charge in [-0.25, -0.2) is 9.37 Å². The zero-order chi connectivity index (χ0) is 51.6. The van der Waals surface area contributed by atoms with Crippen molar-refractivity contribution in [2.24, 2.45) is 0 Å². The third kappa shape index (κ3) is 12.5. The molecule has 0 radical (unpaired) electrons. The highest BCUT2D eigenvalue weighted by molar-refractivity contribution is 6.25. The Hall–Kier alpha value is -6.43. The molecular weight excluding hydrogens is 958 g/mol. The molecule has 1 aliphatic carbocycles. The van der Waals surface area contributed by atoms with E-state index in [1.807, 2.05) is 0 Å². The van der Waals surface area contributed by atoms with Gasteiger partial charge in [0.15, 0.2) is 5.82 Å². The number of hydrogen-bond acceptors (Lipinski definition) is 16. The number of anilines is 5. The Balaban J connectivity index is 0.670. The number of nitrogens with one attached hydrogen (secondary N) is 4. The highest BCUT2D eigenvalue weighted by Crippen LogP contribution is 2.40. The minimum atomic E-state index is -3.63. The molecule has 0 bridgehead atoms. The normalized spacial score (nSPS) is 19.5. The van der Waals surface area contributed by atoms with Gasteiger partial charge in [-0.1, -0.05) is 18.9 Å². The highest BCUT2D eigenvalue weighted by Gasteiger charge is 2.49. The van der Waals surface area contributed by atoms with Crippen LogP contribution in [0.1, 0.15) is 102 Å². The van der Waals surface area contributed by atoms with Gasteiger partial charge in [-0.15, -0.1) is 0 Å². The molecule has 4 N–H and O–H groups in total. The molecule has 5 heterocycles. The summed E-state index contributed by atoms with van der Waals surface area (Å²) < 4.78 is 68.4. The molecule has 6 amide bonds. The van der Waals surface area contributed by atoms with Crippen LogP contribution >= 0.6 is 0 Å². The molecule has 1 atom stereocenters. The van der Waals surface area contributed by atoms with E-state index in [4.69, 9.17) is 18.9 Å². The average Bonchev–Trinajstić information content (AvgIpc) is 3.99. The number of carbonyl (C=O) groups is 6. The number of halogens is 3. The lowest BCUT2D eigenvalue weighted by Gasteiger charge is -2.32. The van der Waals surface area contributed by atoms with Gasteiger partial charge in [0.2, 0.25) is 17.8 Å². The molecule has 4 aliphatic heterocycles. The number of carbonyl (C=O) groups excluding carboxylic acids is 6. The lowest BCUT2D eigenvalue weighted by Crippen LogP contribution is -2.54. The molecule has 73 heavy (non-hydrogen) atoms. The van der Waals surface area contributed by atoms with Crippen molar-refractivity contribution in [3.63, 3.8) is 0 Å². The first-order valence-electron chi connectivity index (χ1n) is 25.0. The Morgan fingerprint density at radius 1 is 0.877 bits per heavy atom. The van der Waals surface area contributed by atoms with E-state index in [0.717, 1.165) is 67.6 Å². The number of fused-ring (bicyclic) bond motifs is 2. The van der Waals surface area contributed by atoms with Gasteiger partial charge in [0.25, 0.3) is 23.6 Å². The molecule has 2 aromatic carbocycles. The molecule has 1 saturated carbocycles. The third-order valence-electron chi connectivity index (χ3n) is 13.8. The maximum Gasteiger partial charge on any atom is 0.342 e. The van der Waals surface area contributed by atoms with Crippen molar-refractivity contribution in [1.82, 2.24) is 30.4 Å². The van der Waals surface area contributed by atoms with Crippen LogP contribution in [-0.4, -0.2) is 166 Å². The maximum absolute atomic E-state index is 15.6. The zero-order valence-corrected chi connectivity index (χ0v) is 41.2. The SMILES string of the molecule is COc1cc(C(=O)NC2CCN(CCCCOCCCOCCOCCNc3cccc4c3C(=O)N(C3CCC(=O)NC3=O)C4=O)CC2)c(F)cc1Nc1ncc2c(n1)N(C1CCCC1)CC(F)(F)C(=O)N2C. The predicted octanol–water partition coefficient (Wildman–Crippen LogP) is 4.66. The molecule has 20 nitrogen and oxygen atoms in total. The number of unbranched alkanes of at least 4 members (excludes halogenated alkanes) is 1. The van der Waals surface area contributed by atoms with E-state index in [1.165, 1.54) is 31.3 Å². The third-order valence-corrected chi connectivity index (χ3v) is 13.8. The van der Waals surface area contributed by atoms with Crippen LogP contribution in [0.5, 0.6) is 5.75 Å². The monoisotopic (exact) mass is 1020 g/mol. The number of hydrogen-bond donors (Lipinski definition) is 4. The van der Waals surface area contributed by atoms with E-state index in [9.17, 15) is 28.8 Å². The van der Waals surface area contributed by atoms with Gasteiger partial charge in [-0.3, -0.25) is 39.0 Å². The van der Waals surface area contributed by atoms with Crippen molar-refractivity contribution in [2.45, 2.75) is 94.7 Å². The van der Waals surface area contributed by atoms with E-state index < -0.39 is 59.8 Å². The topological polar surface area (TPSA) is 226 Å². The Bertz CT molecular complexity index is 2520. The smallest absolute Gasteiger partial charge is 0.342 e. The molecule has 1 aromatic heterocycles. The molecular formula is C50H63F3N10O10. The number of nitrogens with zero attached hydrogens (tertiary/aromatic N) is 6. The summed E-state index contributed by atoms with van der Waals surface area (Å²) in [6.07, 6.45) is 8.54. The van der Waals surface area contributed by atoms with Gasteiger partial charge in [0.1, 0.15) is 23.3 Å². The largest absolute Gasteiger partial charge is 0.495 e. The van der Waals surface area contributed by atoms with Crippen LogP contribution in [0.15, 0.2) is 36.5 Å². The summed E-state index contributed by atoms with van der Waals surface area (Å²) in [5.74, 6) is -8.26. The molecule has 23 heteroatoms. The summed E-state index contributed by atoms with van der Waals surface area (Å²) in [5, 5.41) is 11.2. The number of aromatic nitrogens is 2. The number of benzene rings is 2. The molecule has 394 valence electrons. The second-order valence-corrected chi connectivity index (χ2v) is 18.8. The van der Waals surface area contributed by atoms with E-state index in [1.54, 1.807) is 18.2 Å². The Morgan fingerprint density at radius 3 is 2.34 bits per heavy atom. The summed E-state index contributed by atoms with van der Waals surface area (Å²) >= 11 is 0. The zero-order valence-electron chi connectivity index (χ0n) is 41.2. The second-order valence-electron chi connectivity index (χ2n) is 18.8. The lowest BCUT2D eigenvalue weighted by molar-refractivity contribution is -0.140. The van der Waals surface area contributed by atoms with Gasteiger partial charge in [0, 0.05) is 76.8 Å². The van der Waals surface area contributed by atoms with Crippen LogP contribution in [0.2, 0.25) is 0 Å². The minimum Gasteiger partial charge on any atom is -0.495 e. The van der Waals surface area contributed by atoms with Crippen molar-refractivity contribution in [1.29, 1.82) is 0 Å². The molecule has 2 saturated heterocycles. The fourth-order valence-electron chi connectivity index (χ4n) is 9.93. The highest BCUT2D eigenvalue weighted by atomic mass is 19.3. The average molecular weight is 1020 g/mol. The number of methoxy groups -OCH3 is 1. The first kappa shape index (κ1) is 52.9. The van der Waals surface area contributed by atoms with Crippen LogP contribution in [-0.2, 0) is 28.6 Å². The number of imide groups is 2. The summed E-state index contributed by atoms with van der Waals surface area (Å²) in [5.41, 5.74) is 0.946. The number of rotatable bonds is 23.